The molecule has 0 spiro atoms. The third-order valence-corrected chi connectivity index (χ3v) is 3.11. The van der Waals surface area contributed by atoms with Gasteiger partial charge in [-0.15, -0.1) is 0 Å². The van der Waals surface area contributed by atoms with Gasteiger partial charge in [0.05, 0.1) is 0 Å². The molecule has 7 heteroatoms. The zero-order chi connectivity index (χ0) is 12.5. The van der Waals surface area contributed by atoms with Crippen molar-refractivity contribution in [2.75, 3.05) is 11.9 Å². The van der Waals surface area contributed by atoms with Crippen LogP contribution in [-0.2, 0) is 4.79 Å². The summed E-state index contributed by atoms with van der Waals surface area (Å²) in [6, 6.07) is 0. The van der Waals surface area contributed by atoms with Gasteiger partial charge in [-0.2, -0.15) is 0 Å². The van der Waals surface area contributed by atoms with Gasteiger partial charge in [-0.1, -0.05) is 29.4 Å². The molecule has 1 atom stereocenters. The Hall–Kier alpha value is -1.08. The van der Waals surface area contributed by atoms with Crippen LogP contribution in [0.1, 0.15) is 39.0 Å². The van der Waals surface area contributed by atoms with Crippen LogP contribution in [0.3, 0.4) is 0 Å². The monoisotopic (exact) mass is 257 g/mol. The second kappa shape index (κ2) is 8.08. The van der Waals surface area contributed by atoms with Crippen LogP contribution in [0.4, 0.5) is 5.13 Å². The van der Waals surface area contributed by atoms with Crippen molar-refractivity contribution in [2.24, 2.45) is 11.7 Å². The lowest BCUT2D eigenvalue weighted by molar-refractivity contribution is -0.116. The first-order valence-electron chi connectivity index (χ1n) is 5.91. The number of amides is 1. The highest BCUT2D eigenvalue weighted by Crippen LogP contribution is 2.17. The number of carbonyl (C=O) groups excluding carboxylic acids is 1. The molecule has 1 amide bonds. The normalized spacial score (nSPS) is 12.4. The van der Waals surface area contributed by atoms with Crippen LogP contribution in [0.5, 0.6) is 0 Å². The van der Waals surface area contributed by atoms with E-state index < -0.39 is 0 Å². The van der Waals surface area contributed by atoms with Gasteiger partial charge in [-0.05, 0) is 30.5 Å². The van der Waals surface area contributed by atoms with Gasteiger partial charge < -0.3 is 5.73 Å². The first-order chi connectivity index (χ1) is 8.26. The number of rotatable bonds is 8. The van der Waals surface area contributed by atoms with Crippen LogP contribution in [0, 0.1) is 5.92 Å². The van der Waals surface area contributed by atoms with E-state index in [2.05, 4.69) is 27.0 Å². The van der Waals surface area contributed by atoms with Crippen molar-refractivity contribution in [1.29, 1.82) is 0 Å². The van der Waals surface area contributed by atoms with Crippen LogP contribution in [0.25, 0.3) is 0 Å². The van der Waals surface area contributed by atoms with E-state index >= 15 is 0 Å². The fourth-order valence-corrected chi connectivity index (χ4v) is 2.16. The van der Waals surface area contributed by atoms with E-state index in [-0.39, 0.29) is 5.91 Å². The number of nitrogens with two attached hydrogens (primary N) is 1. The molecule has 0 aromatic carbocycles. The van der Waals surface area contributed by atoms with Crippen molar-refractivity contribution < 1.29 is 4.79 Å². The molecule has 1 aromatic heterocycles. The summed E-state index contributed by atoms with van der Waals surface area (Å²) >= 11 is 1.08. The minimum atomic E-state index is -0.0262. The van der Waals surface area contributed by atoms with Gasteiger partial charge in [0.2, 0.25) is 11.0 Å². The van der Waals surface area contributed by atoms with E-state index in [1.165, 1.54) is 0 Å². The largest absolute Gasteiger partial charge is 0.330 e. The van der Waals surface area contributed by atoms with Crippen molar-refractivity contribution in [3.63, 3.8) is 0 Å². The highest BCUT2D eigenvalue weighted by Gasteiger charge is 2.11. The Balaban J connectivity index is 2.25. The predicted octanol–water partition coefficient (Wildman–Crippen LogP) is 1.42. The lowest BCUT2D eigenvalue weighted by Gasteiger charge is -2.14. The molecule has 0 radical (unpaired) electrons. The number of nitrogens with one attached hydrogen (secondary N) is 1. The summed E-state index contributed by atoms with van der Waals surface area (Å²) < 4.78 is 3.58. The molecule has 0 aliphatic rings. The van der Waals surface area contributed by atoms with Crippen molar-refractivity contribution in [3.05, 3.63) is 0 Å². The molecule has 96 valence electrons. The summed E-state index contributed by atoms with van der Waals surface area (Å²) in [7, 11) is 0. The highest BCUT2D eigenvalue weighted by molar-refractivity contribution is 7.09. The van der Waals surface area contributed by atoms with Gasteiger partial charge in [0.15, 0.2) is 0 Å². The molecule has 1 unspecified atom stereocenters. The molecule has 17 heavy (non-hydrogen) atoms. The summed E-state index contributed by atoms with van der Waals surface area (Å²) in [5.41, 5.74) is 5.55. The molecule has 0 fully saturated rings. The topological polar surface area (TPSA) is 93.8 Å². The number of anilines is 1. The third kappa shape index (κ3) is 5.69. The molecule has 0 aliphatic carbocycles. The first kappa shape index (κ1) is 14.0. The van der Waals surface area contributed by atoms with Crippen LogP contribution < -0.4 is 11.1 Å². The van der Waals surface area contributed by atoms with Crippen molar-refractivity contribution in [2.45, 2.75) is 39.0 Å². The summed E-state index contributed by atoms with van der Waals surface area (Å²) in [4.78, 5) is 11.6. The second-order valence-electron chi connectivity index (χ2n) is 3.99. The molecule has 3 N–H and O–H groups in total. The summed E-state index contributed by atoms with van der Waals surface area (Å²) in [5, 5.41) is 10.2. The van der Waals surface area contributed by atoms with E-state index in [0.29, 0.717) is 24.0 Å². The van der Waals surface area contributed by atoms with Gasteiger partial charge in [0.1, 0.15) is 0 Å². The van der Waals surface area contributed by atoms with Crippen LogP contribution in [0.15, 0.2) is 0 Å². The Morgan fingerprint density at radius 1 is 1.47 bits per heavy atom. The van der Waals surface area contributed by atoms with Gasteiger partial charge in [0.25, 0.3) is 0 Å². The van der Waals surface area contributed by atoms with Crippen LogP contribution >= 0.6 is 11.5 Å². The maximum absolute atomic E-state index is 11.6. The molecule has 1 aromatic rings. The number of aromatic nitrogens is 3. The Morgan fingerprint density at radius 2 is 2.29 bits per heavy atom. The van der Waals surface area contributed by atoms with Crippen molar-refractivity contribution >= 4 is 22.6 Å². The zero-order valence-corrected chi connectivity index (χ0v) is 10.9. The average molecular weight is 257 g/mol. The molecule has 0 saturated heterocycles. The molecule has 1 heterocycles. The second-order valence-corrected chi connectivity index (χ2v) is 4.72. The molecule has 1 rings (SSSR count). The van der Waals surface area contributed by atoms with Crippen molar-refractivity contribution in [1.82, 2.24) is 14.8 Å². The maximum Gasteiger partial charge on any atom is 0.231 e. The standard InChI is InChI=1S/C10H19N5OS/c1-2-3-8(6-7-11)4-5-9(16)12-10-13-14-15-17-10/h8H,2-7,11H2,1H3,(H,12,13,15,16). The fraction of sp³-hybridized carbons (Fsp3) is 0.800. The molecule has 0 aliphatic heterocycles. The van der Waals surface area contributed by atoms with Crippen LogP contribution in [0.2, 0.25) is 0 Å². The first-order valence-corrected chi connectivity index (χ1v) is 6.68. The van der Waals surface area contributed by atoms with Gasteiger partial charge in [0, 0.05) is 18.0 Å². The SMILES string of the molecule is CCCC(CCN)CCC(=O)Nc1nnns1. The van der Waals surface area contributed by atoms with E-state index in [1.807, 2.05) is 0 Å². The zero-order valence-electron chi connectivity index (χ0n) is 10.1. The predicted molar refractivity (Wildman–Crippen MR) is 67.6 cm³/mol. The number of hydrogen-bond donors (Lipinski definition) is 2. The molecular weight excluding hydrogens is 238 g/mol. The van der Waals surface area contributed by atoms with Gasteiger partial charge >= 0.3 is 0 Å². The number of carbonyl (C=O) groups is 1. The fourth-order valence-electron chi connectivity index (χ4n) is 1.78. The Kier molecular flexibility index (Phi) is 6.64. The Morgan fingerprint density at radius 3 is 2.88 bits per heavy atom. The average Bonchev–Trinajstić information content (AvgIpc) is 2.79. The Bertz CT molecular complexity index is 311. The molecule has 0 saturated carbocycles. The van der Waals surface area contributed by atoms with Crippen molar-refractivity contribution in [3.8, 4) is 0 Å². The van der Waals surface area contributed by atoms with E-state index in [0.717, 1.165) is 37.2 Å². The number of hydrogen-bond acceptors (Lipinski definition) is 6. The minimum Gasteiger partial charge on any atom is -0.330 e. The van der Waals surface area contributed by atoms with E-state index in [9.17, 15) is 4.79 Å². The third-order valence-electron chi connectivity index (χ3n) is 2.60. The summed E-state index contributed by atoms with van der Waals surface area (Å²) in [6.45, 7) is 2.84. The summed E-state index contributed by atoms with van der Waals surface area (Å²) in [6.07, 6.45) is 4.63. The minimum absolute atomic E-state index is 0.0262. The molecule has 0 bridgehead atoms. The van der Waals surface area contributed by atoms with E-state index in [4.69, 9.17) is 5.73 Å². The Labute approximate surface area is 105 Å². The lowest BCUT2D eigenvalue weighted by Crippen LogP contribution is -2.15. The molecule has 6 nitrogen and oxygen atoms in total. The van der Waals surface area contributed by atoms with Crippen LogP contribution in [-0.4, -0.2) is 27.3 Å². The maximum atomic E-state index is 11.6. The van der Waals surface area contributed by atoms with Gasteiger partial charge in [-0.3, -0.25) is 10.1 Å². The highest BCUT2D eigenvalue weighted by atomic mass is 32.1. The number of nitrogens with zero attached hydrogens (tertiary/aromatic N) is 3. The molecular formula is C10H19N5OS. The summed E-state index contributed by atoms with van der Waals surface area (Å²) in [5.74, 6) is 0.518. The smallest absolute Gasteiger partial charge is 0.231 e. The lowest BCUT2D eigenvalue weighted by atomic mass is 9.94. The quantitative estimate of drug-likeness (QED) is 0.734. The van der Waals surface area contributed by atoms with Gasteiger partial charge in [-0.25, -0.2) is 0 Å². The van der Waals surface area contributed by atoms with E-state index in [1.54, 1.807) is 0 Å².